The van der Waals surface area contributed by atoms with Crippen LogP contribution in [0.3, 0.4) is 0 Å². The number of carbonyl (C=O) groups is 1. The molecule has 1 N–H and O–H groups in total. The van der Waals surface area contributed by atoms with Gasteiger partial charge in [-0.25, -0.2) is 4.98 Å². The number of hydrogen-bond donors (Lipinski definition) is 1. The molecule has 5 nitrogen and oxygen atoms in total. The number of hydrogen-bond acceptors (Lipinski definition) is 4. The van der Waals surface area contributed by atoms with E-state index in [4.69, 9.17) is 0 Å². The van der Waals surface area contributed by atoms with E-state index in [0.717, 1.165) is 6.54 Å². The van der Waals surface area contributed by atoms with Crippen molar-refractivity contribution in [1.82, 2.24) is 20.5 Å². The van der Waals surface area contributed by atoms with Crippen molar-refractivity contribution in [3.05, 3.63) is 30.1 Å². The molecule has 2 aromatic rings. The van der Waals surface area contributed by atoms with Gasteiger partial charge in [-0.2, -0.15) is 0 Å². The van der Waals surface area contributed by atoms with E-state index in [1.165, 1.54) is 19.3 Å². The Labute approximate surface area is 105 Å². The van der Waals surface area contributed by atoms with Crippen LogP contribution in [0.2, 0.25) is 0 Å². The molecular weight excluding hydrogens is 228 g/mol. The zero-order valence-electron chi connectivity index (χ0n) is 9.97. The van der Waals surface area contributed by atoms with Crippen molar-refractivity contribution in [1.29, 1.82) is 0 Å². The van der Waals surface area contributed by atoms with Crippen LogP contribution >= 0.6 is 0 Å². The van der Waals surface area contributed by atoms with Gasteiger partial charge in [0.15, 0.2) is 0 Å². The third kappa shape index (κ3) is 2.16. The molecule has 1 aliphatic rings. The summed E-state index contributed by atoms with van der Waals surface area (Å²) in [4.78, 5) is 16.1. The summed E-state index contributed by atoms with van der Waals surface area (Å²) in [5.41, 5.74) is 1.40. The number of nitrogens with zero attached hydrogens (tertiary/aromatic N) is 3. The molecular formula is C13H14N4O. The van der Waals surface area contributed by atoms with Crippen LogP contribution < -0.4 is 5.32 Å². The van der Waals surface area contributed by atoms with Gasteiger partial charge in [0.25, 0.3) is 5.91 Å². The maximum absolute atomic E-state index is 11.9. The molecule has 1 fully saturated rings. The Morgan fingerprint density at radius 2 is 2.00 bits per heavy atom. The van der Waals surface area contributed by atoms with Crippen LogP contribution in [0, 0.1) is 5.92 Å². The molecule has 1 aromatic carbocycles. The normalized spacial score (nSPS) is 15.3. The molecule has 0 unspecified atom stereocenters. The number of carbonyl (C=O) groups excluding carboxylic acids is 1. The number of nitrogens with one attached hydrogen (secondary N) is 1. The van der Waals surface area contributed by atoms with E-state index in [1.807, 2.05) is 24.3 Å². The third-order valence-electron chi connectivity index (χ3n) is 3.34. The van der Waals surface area contributed by atoms with Crippen LogP contribution in [0.25, 0.3) is 11.0 Å². The van der Waals surface area contributed by atoms with Gasteiger partial charge < -0.3 is 5.32 Å². The first-order valence-electron chi connectivity index (χ1n) is 6.20. The SMILES string of the molecule is O=C(NCC1CCC1)c1nnc2ccccc2n1. The first kappa shape index (κ1) is 11.1. The summed E-state index contributed by atoms with van der Waals surface area (Å²) in [7, 11) is 0. The van der Waals surface area contributed by atoms with E-state index >= 15 is 0 Å². The maximum atomic E-state index is 11.9. The number of rotatable bonds is 3. The zero-order chi connectivity index (χ0) is 12.4. The Kier molecular flexibility index (Phi) is 2.88. The molecule has 5 heteroatoms. The highest BCUT2D eigenvalue weighted by molar-refractivity contribution is 5.91. The van der Waals surface area contributed by atoms with Gasteiger partial charge in [-0.15, -0.1) is 10.2 Å². The summed E-state index contributed by atoms with van der Waals surface area (Å²) < 4.78 is 0. The van der Waals surface area contributed by atoms with E-state index in [1.54, 1.807) is 0 Å². The lowest BCUT2D eigenvalue weighted by Gasteiger charge is -2.25. The number of fused-ring (bicyclic) bond motifs is 1. The second kappa shape index (κ2) is 4.68. The van der Waals surface area contributed by atoms with Gasteiger partial charge in [0.2, 0.25) is 5.82 Å². The highest BCUT2D eigenvalue weighted by Gasteiger charge is 2.19. The Bertz CT molecular complexity index is 580. The van der Waals surface area contributed by atoms with Crippen LogP contribution in [0.5, 0.6) is 0 Å². The molecule has 1 saturated carbocycles. The molecule has 1 aliphatic carbocycles. The van der Waals surface area contributed by atoms with E-state index in [0.29, 0.717) is 17.0 Å². The van der Waals surface area contributed by atoms with Gasteiger partial charge in [0.05, 0.1) is 5.52 Å². The molecule has 0 spiro atoms. The molecule has 18 heavy (non-hydrogen) atoms. The predicted octanol–water partition coefficient (Wildman–Crippen LogP) is 1.55. The Morgan fingerprint density at radius 1 is 1.22 bits per heavy atom. The fraction of sp³-hybridized carbons (Fsp3) is 0.385. The first-order valence-corrected chi connectivity index (χ1v) is 6.20. The highest BCUT2D eigenvalue weighted by atomic mass is 16.2. The van der Waals surface area contributed by atoms with Crippen molar-refractivity contribution >= 4 is 16.9 Å². The largest absolute Gasteiger partial charge is 0.349 e. The van der Waals surface area contributed by atoms with Crippen LogP contribution in [-0.2, 0) is 0 Å². The van der Waals surface area contributed by atoms with Crippen LogP contribution in [0.1, 0.15) is 29.9 Å². The van der Waals surface area contributed by atoms with E-state index in [2.05, 4.69) is 20.5 Å². The lowest BCUT2D eigenvalue weighted by atomic mass is 9.85. The summed E-state index contributed by atoms with van der Waals surface area (Å²) in [6.07, 6.45) is 3.68. The Hall–Kier alpha value is -2.04. The molecule has 92 valence electrons. The monoisotopic (exact) mass is 242 g/mol. The fourth-order valence-electron chi connectivity index (χ4n) is 1.99. The second-order valence-corrected chi connectivity index (χ2v) is 4.63. The molecule has 0 radical (unpaired) electrons. The summed E-state index contributed by atoms with van der Waals surface area (Å²) >= 11 is 0. The van der Waals surface area contributed by atoms with Gasteiger partial charge in [-0.3, -0.25) is 4.79 Å². The van der Waals surface area contributed by atoms with Gasteiger partial charge in [0, 0.05) is 6.54 Å². The number of benzene rings is 1. The molecule has 1 heterocycles. The summed E-state index contributed by atoms with van der Waals surface area (Å²) in [5, 5.41) is 10.7. The second-order valence-electron chi connectivity index (χ2n) is 4.63. The van der Waals surface area contributed by atoms with Crippen molar-refractivity contribution in [3.8, 4) is 0 Å². The molecule has 1 aromatic heterocycles. The Balaban J connectivity index is 1.74. The molecule has 0 bridgehead atoms. The van der Waals surface area contributed by atoms with Crippen molar-refractivity contribution in [2.24, 2.45) is 5.92 Å². The summed E-state index contributed by atoms with van der Waals surface area (Å²) in [6, 6.07) is 7.39. The minimum atomic E-state index is -0.236. The van der Waals surface area contributed by atoms with E-state index in [-0.39, 0.29) is 11.7 Å². The third-order valence-corrected chi connectivity index (χ3v) is 3.34. The quantitative estimate of drug-likeness (QED) is 0.886. The minimum Gasteiger partial charge on any atom is -0.349 e. The molecule has 0 atom stereocenters. The standard InChI is InChI=1S/C13H14N4O/c18-13(14-8-9-4-3-5-9)12-15-10-6-1-2-7-11(10)16-17-12/h1-2,6-7,9H,3-5,8H2,(H,14,18). The molecule has 1 amide bonds. The average Bonchev–Trinajstić information content (AvgIpc) is 2.36. The Morgan fingerprint density at radius 3 is 2.72 bits per heavy atom. The van der Waals surface area contributed by atoms with Crippen molar-refractivity contribution in [2.75, 3.05) is 6.54 Å². The lowest BCUT2D eigenvalue weighted by Crippen LogP contribution is -2.33. The first-order chi connectivity index (χ1) is 8.83. The average molecular weight is 242 g/mol. The summed E-state index contributed by atoms with van der Waals surface area (Å²) in [5.74, 6) is 0.538. The van der Waals surface area contributed by atoms with Crippen molar-refractivity contribution < 1.29 is 4.79 Å². The zero-order valence-corrected chi connectivity index (χ0v) is 9.97. The molecule has 3 rings (SSSR count). The fourth-order valence-corrected chi connectivity index (χ4v) is 1.99. The van der Waals surface area contributed by atoms with Crippen molar-refractivity contribution in [3.63, 3.8) is 0 Å². The van der Waals surface area contributed by atoms with Gasteiger partial charge in [-0.1, -0.05) is 18.6 Å². The van der Waals surface area contributed by atoms with Gasteiger partial charge >= 0.3 is 0 Å². The smallest absolute Gasteiger partial charge is 0.291 e. The number of aromatic nitrogens is 3. The predicted molar refractivity (Wildman–Crippen MR) is 67.0 cm³/mol. The van der Waals surface area contributed by atoms with Gasteiger partial charge in [-0.05, 0) is 30.9 Å². The van der Waals surface area contributed by atoms with Crippen LogP contribution in [-0.4, -0.2) is 27.6 Å². The van der Waals surface area contributed by atoms with E-state index < -0.39 is 0 Å². The highest BCUT2D eigenvalue weighted by Crippen LogP contribution is 2.25. The van der Waals surface area contributed by atoms with Crippen LogP contribution in [0.4, 0.5) is 0 Å². The van der Waals surface area contributed by atoms with Crippen LogP contribution in [0.15, 0.2) is 24.3 Å². The van der Waals surface area contributed by atoms with E-state index in [9.17, 15) is 4.79 Å². The minimum absolute atomic E-state index is 0.146. The molecule has 0 saturated heterocycles. The van der Waals surface area contributed by atoms with Crippen molar-refractivity contribution in [2.45, 2.75) is 19.3 Å². The number of para-hydroxylation sites is 1. The summed E-state index contributed by atoms with van der Waals surface area (Å²) in [6.45, 7) is 0.717. The lowest BCUT2D eigenvalue weighted by molar-refractivity contribution is 0.0928. The number of amides is 1. The maximum Gasteiger partial charge on any atom is 0.291 e. The molecule has 0 aliphatic heterocycles. The topological polar surface area (TPSA) is 67.8 Å². The van der Waals surface area contributed by atoms with Gasteiger partial charge in [0.1, 0.15) is 5.52 Å².